The number of para-hydroxylation sites is 1. The first-order valence-electron chi connectivity index (χ1n) is 6.94. The van der Waals surface area contributed by atoms with Crippen molar-refractivity contribution in [2.45, 2.75) is 0 Å². The van der Waals surface area contributed by atoms with Gasteiger partial charge in [-0.25, -0.2) is 9.48 Å². The van der Waals surface area contributed by atoms with Gasteiger partial charge in [0.2, 0.25) is 0 Å². The molecule has 0 bridgehead atoms. The Labute approximate surface area is 136 Å². The number of nitro groups is 1. The van der Waals surface area contributed by atoms with Crippen molar-refractivity contribution in [3.05, 3.63) is 76.5 Å². The molecule has 0 amide bonds. The van der Waals surface area contributed by atoms with Gasteiger partial charge in [-0.2, -0.15) is 0 Å². The van der Waals surface area contributed by atoms with E-state index in [9.17, 15) is 20.0 Å². The number of benzene rings is 2. The van der Waals surface area contributed by atoms with Crippen molar-refractivity contribution in [1.29, 1.82) is 0 Å². The van der Waals surface area contributed by atoms with Crippen molar-refractivity contribution in [2.75, 3.05) is 5.32 Å². The molecule has 2 aromatic carbocycles. The summed E-state index contributed by atoms with van der Waals surface area (Å²) in [6.07, 6.45) is 1.36. The maximum Gasteiger partial charge on any atom is 0.341 e. The predicted octanol–water partition coefficient (Wildman–Crippen LogP) is 3.22. The number of nitrogens with zero attached hydrogens (tertiary/aromatic N) is 3. The number of carbonyl (C=O) groups is 1. The molecule has 0 fully saturated rings. The Balaban J connectivity index is 1.96. The van der Waals surface area contributed by atoms with Crippen molar-refractivity contribution >= 4 is 23.2 Å². The summed E-state index contributed by atoms with van der Waals surface area (Å²) in [6, 6.07) is 14.7. The highest BCUT2D eigenvalue weighted by Gasteiger charge is 2.17. The molecule has 120 valence electrons. The molecule has 1 heterocycles. The van der Waals surface area contributed by atoms with E-state index in [0.717, 1.165) is 0 Å². The van der Waals surface area contributed by atoms with Gasteiger partial charge in [0.1, 0.15) is 5.56 Å². The van der Waals surface area contributed by atoms with Gasteiger partial charge in [-0.15, -0.1) is 5.10 Å². The Kier molecular flexibility index (Phi) is 3.94. The Morgan fingerprint density at radius 2 is 1.79 bits per heavy atom. The number of aromatic nitrogens is 2. The van der Waals surface area contributed by atoms with E-state index in [1.54, 1.807) is 12.1 Å². The summed E-state index contributed by atoms with van der Waals surface area (Å²) in [7, 11) is 0. The zero-order valence-corrected chi connectivity index (χ0v) is 12.3. The van der Waals surface area contributed by atoms with Gasteiger partial charge in [-0.05, 0) is 24.3 Å². The van der Waals surface area contributed by atoms with E-state index in [2.05, 4.69) is 10.4 Å². The predicted molar refractivity (Wildman–Crippen MR) is 86.9 cm³/mol. The third kappa shape index (κ3) is 3.07. The zero-order chi connectivity index (χ0) is 17.1. The third-order valence-electron chi connectivity index (χ3n) is 3.31. The number of nitro benzene ring substituents is 1. The molecule has 1 aromatic heterocycles. The molecule has 0 unspecified atom stereocenters. The lowest BCUT2D eigenvalue weighted by molar-refractivity contribution is -0.384. The first kappa shape index (κ1) is 15.2. The fraction of sp³-hybridized carbons (Fsp3) is 0. The maximum atomic E-state index is 11.4. The molecule has 3 aromatic rings. The van der Waals surface area contributed by atoms with Crippen LogP contribution in [-0.4, -0.2) is 25.8 Å². The highest BCUT2D eigenvalue weighted by Crippen LogP contribution is 2.22. The molecule has 0 saturated carbocycles. The normalized spacial score (nSPS) is 10.3. The van der Waals surface area contributed by atoms with Crippen LogP contribution in [0, 0.1) is 10.1 Å². The second-order valence-corrected chi connectivity index (χ2v) is 4.91. The maximum absolute atomic E-state index is 11.4. The van der Waals surface area contributed by atoms with Crippen LogP contribution in [-0.2, 0) is 0 Å². The molecule has 24 heavy (non-hydrogen) atoms. The van der Waals surface area contributed by atoms with E-state index in [-0.39, 0.29) is 17.1 Å². The molecule has 0 spiro atoms. The Hall–Kier alpha value is -3.68. The van der Waals surface area contributed by atoms with Crippen LogP contribution in [0.15, 0.2) is 60.8 Å². The number of rotatable bonds is 5. The molecular formula is C16H12N4O4. The van der Waals surface area contributed by atoms with Crippen LogP contribution in [0.1, 0.15) is 10.4 Å². The molecule has 8 nitrogen and oxygen atoms in total. The average molecular weight is 324 g/mol. The van der Waals surface area contributed by atoms with Gasteiger partial charge in [-0.3, -0.25) is 10.1 Å². The first-order chi connectivity index (χ1) is 11.5. The fourth-order valence-corrected chi connectivity index (χ4v) is 2.14. The van der Waals surface area contributed by atoms with Gasteiger partial charge in [0.15, 0.2) is 5.82 Å². The summed E-state index contributed by atoms with van der Waals surface area (Å²) in [5, 5.41) is 27.2. The summed E-state index contributed by atoms with van der Waals surface area (Å²) in [5.74, 6) is -0.936. The van der Waals surface area contributed by atoms with Crippen molar-refractivity contribution in [2.24, 2.45) is 0 Å². The second kappa shape index (κ2) is 6.21. The molecular weight excluding hydrogens is 312 g/mol. The standard InChI is InChI=1S/C16H12N4O4/c21-16(22)14-10-19(12-6-8-13(9-7-12)20(23)24)18-15(14)17-11-4-2-1-3-5-11/h1-10H,(H,17,18)(H,21,22). The monoisotopic (exact) mass is 324 g/mol. The molecule has 3 rings (SSSR count). The van der Waals surface area contributed by atoms with E-state index >= 15 is 0 Å². The van der Waals surface area contributed by atoms with Crippen molar-refractivity contribution in [3.8, 4) is 5.69 Å². The number of aromatic carboxylic acids is 1. The summed E-state index contributed by atoms with van der Waals surface area (Å²) in [4.78, 5) is 21.6. The van der Waals surface area contributed by atoms with E-state index in [4.69, 9.17) is 0 Å². The van der Waals surface area contributed by atoms with Crippen molar-refractivity contribution < 1.29 is 14.8 Å². The van der Waals surface area contributed by atoms with Gasteiger partial charge >= 0.3 is 5.97 Å². The molecule has 8 heteroatoms. The lowest BCUT2D eigenvalue weighted by Gasteiger charge is -2.03. The van der Waals surface area contributed by atoms with Crippen LogP contribution < -0.4 is 5.32 Å². The number of carboxylic acids is 1. The Bertz CT molecular complexity index is 888. The van der Waals surface area contributed by atoms with E-state index in [0.29, 0.717) is 11.4 Å². The fourth-order valence-electron chi connectivity index (χ4n) is 2.14. The molecule has 0 atom stereocenters. The SMILES string of the molecule is O=C(O)c1cn(-c2ccc([N+](=O)[O-])cc2)nc1Nc1ccccc1. The summed E-state index contributed by atoms with van der Waals surface area (Å²) in [5.41, 5.74) is 1.17. The van der Waals surface area contributed by atoms with Gasteiger partial charge < -0.3 is 10.4 Å². The van der Waals surface area contributed by atoms with E-state index < -0.39 is 10.9 Å². The number of hydrogen-bond donors (Lipinski definition) is 2. The van der Waals surface area contributed by atoms with Crippen LogP contribution in [0.4, 0.5) is 17.2 Å². The molecule has 2 N–H and O–H groups in total. The summed E-state index contributed by atoms with van der Waals surface area (Å²) in [6.45, 7) is 0. The lowest BCUT2D eigenvalue weighted by Crippen LogP contribution is -2.00. The zero-order valence-electron chi connectivity index (χ0n) is 12.3. The largest absolute Gasteiger partial charge is 0.477 e. The molecule has 0 aliphatic rings. The number of carboxylic acid groups (broad SMARTS) is 1. The highest BCUT2D eigenvalue weighted by atomic mass is 16.6. The van der Waals surface area contributed by atoms with Crippen LogP contribution in [0.5, 0.6) is 0 Å². The van der Waals surface area contributed by atoms with E-state index in [1.165, 1.54) is 35.1 Å². The van der Waals surface area contributed by atoms with Gasteiger partial charge in [0, 0.05) is 24.0 Å². The quantitative estimate of drug-likeness (QED) is 0.550. The minimum absolute atomic E-state index is 0.00259. The lowest BCUT2D eigenvalue weighted by atomic mass is 10.3. The molecule has 0 radical (unpaired) electrons. The molecule has 0 aliphatic heterocycles. The number of non-ortho nitro benzene ring substituents is 1. The Morgan fingerprint density at radius 3 is 2.38 bits per heavy atom. The van der Waals surface area contributed by atoms with Crippen LogP contribution >= 0.6 is 0 Å². The summed E-state index contributed by atoms with van der Waals surface area (Å²) >= 11 is 0. The van der Waals surface area contributed by atoms with Gasteiger partial charge in [0.05, 0.1) is 10.6 Å². The number of nitrogens with one attached hydrogen (secondary N) is 1. The first-order valence-corrected chi connectivity index (χ1v) is 6.94. The Morgan fingerprint density at radius 1 is 1.12 bits per heavy atom. The van der Waals surface area contributed by atoms with Crippen LogP contribution in [0.25, 0.3) is 5.69 Å². The summed E-state index contributed by atoms with van der Waals surface area (Å²) < 4.78 is 1.36. The average Bonchev–Trinajstić information content (AvgIpc) is 3.00. The van der Waals surface area contributed by atoms with E-state index in [1.807, 2.05) is 18.2 Å². The van der Waals surface area contributed by atoms with Gasteiger partial charge in [0.25, 0.3) is 5.69 Å². The third-order valence-corrected chi connectivity index (χ3v) is 3.31. The van der Waals surface area contributed by atoms with Crippen molar-refractivity contribution in [1.82, 2.24) is 9.78 Å². The minimum Gasteiger partial charge on any atom is -0.477 e. The number of hydrogen-bond acceptors (Lipinski definition) is 5. The second-order valence-electron chi connectivity index (χ2n) is 4.91. The molecule has 0 aliphatic carbocycles. The topological polar surface area (TPSA) is 110 Å². The van der Waals surface area contributed by atoms with Crippen LogP contribution in [0.3, 0.4) is 0 Å². The minimum atomic E-state index is -1.12. The molecule has 0 saturated heterocycles. The van der Waals surface area contributed by atoms with Crippen LogP contribution in [0.2, 0.25) is 0 Å². The van der Waals surface area contributed by atoms with Crippen molar-refractivity contribution in [3.63, 3.8) is 0 Å². The smallest absolute Gasteiger partial charge is 0.341 e. The highest BCUT2D eigenvalue weighted by molar-refractivity contribution is 5.94. The number of anilines is 2. The van der Waals surface area contributed by atoms with Gasteiger partial charge in [-0.1, -0.05) is 18.2 Å².